The molecule has 3 heterocycles. The maximum Gasteiger partial charge on any atom is 0.261 e. The number of nitrogens with one attached hydrogen (secondary N) is 2. The van der Waals surface area contributed by atoms with Crippen LogP contribution in [0.3, 0.4) is 0 Å². The van der Waals surface area contributed by atoms with Crippen molar-refractivity contribution < 1.29 is 4.79 Å². The van der Waals surface area contributed by atoms with Crippen molar-refractivity contribution in [2.45, 2.75) is 84.3 Å². The van der Waals surface area contributed by atoms with Gasteiger partial charge >= 0.3 is 0 Å². The number of piperazine rings is 1. The zero-order valence-corrected chi connectivity index (χ0v) is 29.8. The predicted molar refractivity (Wildman–Crippen MR) is 194 cm³/mol. The number of carbonyl (C=O) groups is 1. The summed E-state index contributed by atoms with van der Waals surface area (Å²) in [4.78, 5) is 41.9. The van der Waals surface area contributed by atoms with Crippen molar-refractivity contribution in [3.8, 4) is 0 Å². The Kier molecular flexibility index (Phi) is 9.04. The normalized spacial score (nSPS) is 27.9. The zero-order valence-electron chi connectivity index (χ0n) is 29.0. The molecule has 5 atom stereocenters. The average Bonchev–Trinajstić information content (AvgIpc) is 3.05. The van der Waals surface area contributed by atoms with Crippen LogP contribution in [0.15, 0.2) is 52.3 Å². The minimum atomic E-state index is 0.00253. The number of aryl methyl sites for hydroxylation is 1. The molecule has 3 aliphatic carbocycles. The molecule has 1 aromatic heterocycles. The highest BCUT2D eigenvalue weighted by Crippen LogP contribution is 2.61. The minimum absolute atomic E-state index is 0.00253. The highest BCUT2D eigenvalue weighted by molar-refractivity contribution is 6.30. The summed E-state index contributed by atoms with van der Waals surface area (Å²) in [6.45, 7) is 12.7. The number of aromatic nitrogens is 2. The van der Waals surface area contributed by atoms with Gasteiger partial charge in [0.05, 0.1) is 23.5 Å². The molecule has 2 aliphatic heterocycles. The first-order chi connectivity index (χ1) is 23.0. The molecule has 256 valence electrons. The monoisotopic (exact) mass is 671 g/mol. The van der Waals surface area contributed by atoms with Gasteiger partial charge in [-0.15, -0.1) is 0 Å². The van der Waals surface area contributed by atoms with E-state index in [4.69, 9.17) is 21.6 Å². The van der Waals surface area contributed by atoms with Gasteiger partial charge in [-0.25, -0.2) is 9.98 Å². The number of carbonyl (C=O) groups excluding carboxylic acids is 1. The minimum Gasteiger partial charge on any atom is -0.350 e. The first-order valence-electron chi connectivity index (χ1n) is 17.8. The standard InChI is InChI=1S/C38H50ClN7O2/c1-23-21-45(22-34(47)40-23)37(43-32-19-27-18-31(24(32)2)38(27,3)4)41-29-10-11-30-33(20-29)42-35(26-13-15-44(5)16-14-26)46(36(30)48)17-12-25-6-8-28(39)9-7-25/h6-11,20,23-24,26-27,31-32H,12-19,21-22H2,1-5H3,(H,40,47)(H,41,43)/t23-,24-,27+,31-,32-/m0/s1. The fourth-order valence-corrected chi connectivity index (χ4v) is 9.00. The Balaban J connectivity index is 1.22. The number of benzene rings is 2. The van der Waals surface area contributed by atoms with E-state index >= 15 is 0 Å². The van der Waals surface area contributed by atoms with E-state index in [1.807, 2.05) is 54.0 Å². The van der Waals surface area contributed by atoms with Gasteiger partial charge in [0, 0.05) is 35.8 Å². The fraction of sp³-hybridized carbons (Fsp3) is 0.579. The summed E-state index contributed by atoms with van der Waals surface area (Å²) in [6, 6.07) is 13.9. The van der Waals surface area contributed by atoms with E-state index < -0.39 is 0 Å². The summed E-state index contributed by atoms with van der Waals surface area (Å²) in [5, 5.41) is 7.98. The Morgan fingerprint density at radius 1 is 1.08 bits per heavy atom. The van der Waals surface area contributed by atoms with Crippen LogP contribution in [-0.2, 0) is 17.8 Å². The second kappa shape index (κ2) is 13.1. The molecule has 5 aliphatic rings. The van der Waals surface area contributed by atoms with E-state index in [9.17, 15) is 9.59 Å². The van der Waals surface area contributed by atoms with Gasteiger partial charge in [-0.2, -0.15) is 0 Å². The predicted octanol–water partition coefficient (Wildman–Crippen LogP) is 5.76. The third-order valence-corrected chi connectivity index (χ3v) is 12.3. The number of anilines is 1. The molecule has 2 saturated heterocycles. The van der Waals surface area contributed by atoms with Crippen molar-refractivity contribution in [2.24, 2.45) is 28.2 Å². The van der Waals surface area contributed by atoms with Gasteiger partial charge in [-0.3, -0.25) is 14.2 Å². The van der Waals surface area contributed by atoms with E-state index in [0.29, 0.717) is 52.2 Å². The smallest absolute Gasteiger partial charge is 0.261 e. The number of amides is 1. The van der Waals surface area contributed by atoms with Crippen LogP contribution in [0.5, 0.6) is 0 Å². The molecular weight excluding hydrogens is 622 g/mol. The number of likely N-dealkylation sites (tertiary alicyclic amines) is 1. The van der Waals surface area contributed by atoms with Crippen LogP contribution >= 0.6 is 11.6 Å². The van der Waals surface area contributed by atoms with Crippen LogP contribution in [0.2, 0.25) is 5.02 Å². The van der Waals surface area contributed by atoms with E-state index in [-0.39, 0.29) is 36.0 Å². The molecule has 0 unspecified atom stereocenters. The maximum atomic E-state index is 14.2. The molecule has 2 N–H and O–H groups in total. The Morgan fingerprint density at radius 3 is 2.52 bits per heavy atom. The molecule has 0 radical (unpaired) electrons. The molecule has 2 aromatic carbocycles. The summed E-state index contributed by atoms with van der Waals surface area (Å²) in [5.74, 6) is 3.65. The molecule has 48 heavy (non-hydrogen) atoms. The van der Waals surface area contributed by atoms with Gasteiger partial charge in [-0.05, 0) is 118 Å². The Morgan fingerprint density at radius 2 is 1.83 bits per heavy atom. The number of hydrogen-bond acceptors (Lipinski definition) is 5. The third-order valence-electron chi connectivity index (χ3n) is 12.0. The summed E-state index contributed by atoms with van der Waals surface area (Å²) in [6.07, 6.45) is 5.03. The number of guanidine groups is 1. The number of aliphatic imine (C=N–C) groups is 1. The first kappa shape index (κ1) is 33.1. The lowest BCUT2D eigenvalue weighted by Crippen LogP contribution is -2.58. The van der Waals surface area contributed by atoms with Gasteiger partial charge < -0.3 is 20.4 Å². The number of rotatable bonds is 6. The van der Waals surface area contributed by atoms with Crippen molar-refractivity contribution in [3.05, 3.63) is 69.2 Å². The third kappa shape index (κ3) is 6.48. The highest BCUT2D eigenvalue weighted by atomic mass is 35.5. The van der Waals surface area contributed by atoms with Gasteiger partial charge in [0.2, 0.25) is 5.91 Å². The number of hydrogen-bond donors (Lipinski definition) is 2. The first-order valence-corrected chi connectivity index (χ1v) is 18.2. The van der Waals surface area contributed by atoms with Crippen molar-refractivity contribution in [3.63, 3.8) is 0 Å². The topological polar surface area (TPSA) is 94.9 Å². The summed E-state index contributed by atoms with van der Waals surface area (Å²) in [5.41, 5.74) is 3.04. The number of piperidine rings is 1. The summed E-state index contributed by atoms with van der Waals surface area (Å²) >= 11 is 6.13. The molecular formula is C38H50ClN7O2. The molecule has 5 fully saturated rings. The van der Waals surface area contributed by atoms with E-state index in [1.165, 1.54) is 6.42 Å². The lowest BCUT2D eigenvalue weighted by molar-refractivity contribution is -0.124. The van der Waals surface area contributed by atoms with Crippen molar-refractivity contribution in [1.82, 2.24) is 24.7 Å². The maximum absolute atomic E-state index is 14.2. The molecule has 3 saturated carbocycles. The van der Waals surface area contributed by atoms with Gasteiger partial charge in [0.25, 0.3) is 5.56 Å². The quantitative estimate of drug-likeness (QED) is 0.256. The van der Waals surface area contributed by atoms with Gasteiger partial charge in [0.1, 0.15) is 5.82 Å². The lowest BCUT2D eigenvalue weighted by Gasteiger charge is -2.61. The van der Waals surface area contributed by atoms with Crippen LogP contribution < -0.4 is 16.2 Å². The van der Waals surface area contributed by atoms with Crippen LogP contribution in [0.25, 0.3) is 10.9 Å². The second-order valence-corrected chi connectivity index (χ2v) is 16.0. The van der Waals surface area contributed by atoms with Crippen LogP contribution in [0.1, 0.15) is 70.7 Å². The van der Waals surface area contributed by atoms with Crippen molar-refractivity contribution in [1.29, 1.82) is 0 Å². The largest absolute Gasteiger partial charge is 0.350 e. The molecule has 10 heteroatoms. The van der Waals surface area contributed by atoms with Gasteiger partial charge in [0.15, 0.2) is 5.96 Å². The van der Waals surface area contributed by atoms with Crippen molar-refractivity contribution >= 4 is 40.1 Å². The molecule has 2 bridgehead atoms. The Labute approximate surface area is 289 Å². The highest BCUT2D eigenvalue weighted by Gasteiger charge is 2.56. The van der Waals surface area contributed by atoms with Crippen LogP contribution in [-0.4, -0.2) is 76.5 Å². The molecule has 1 amide bonds. The molecule has 0 spiro atoms. The fourth-order valence-electron chi connectivity index (χ4n) is 8.87. The Hall–Kier alpha value is -3.43. The molecule has 3 aromatic rings. The second-order valence-electron chi connectivity index (χ2n) is 15.6. The number of nitrogens with zero attached hydrogens (tertiary/aromatic N) is 5. The van der Waals surface area contributed by atoms with Crippen LogP contribution in [0.4, 0.5) is 5.69 Å². The van der Waals surface area contributed by atoms with Gasteiger partial charge in [-0.1, -0.05) is 44.5 Å². The molecule has 9 nitrogen and oxygen atoms in total. The number of halogens is 1. The molecule has 8 rings (SSSR count). The summed E-state index contributed by atoms with van der Waals surface area (Å²) < 4.78 is 1.91. The van der Waals surface area contributed by atoms with Crippen LogP contribution in [0, 0.1) is 23.2 Å². The van der Waals surface area contributed by atoms with Crippen molar-refractivity contribution in [2.75, 3.05) is 38.5 Å². The SMILES string of the molecule is C[C@@H]1[C@@H](/N=C(/Nc2ccc3c(=O)n(CCc4ccc(Cl)cc4)c(C4CCN(C)CC4)nc3c2)N2CC(=O)N[C@@H](C)C2)C[C@H]2C[C@@H]1C2(C)C. The van der Waals surface area contributed by atoms with E-state index in [0.717, 1.165) is 61.8 Å². The van der Waals surface area contributed by atoms with E-state index in [1.54, 1.807) is 0 Å². The Bertz CT molecular complexity index is 1760. The number of fused-ring (bicyclic) bond motifs is 3. The van der Waals surface area contributed by atoms with E-state index in [2.05, 4.69) is 48.3 Å². The lowest BCUT2D eigenvalue weighted by atomic mass is 9.45. The summed E-state index contributed by atoms with van der Waals surface area (Å²) in [7, 11) is 2.15. The zero-order chi connectivity index (χ0) is 33.7. The average molecular weight is 672 g/mol.